The van der Waals surface area contributed by atoms with Crippen molar-refractivity contribution in [3.63, 3.8) is 0 Å². The Kier molecular flexibility index (Phi) is 5.31. The highest BCUT2D eigenvalue weighted by Crippen LogP contribution is 2.45. The zero-order valence-corrected chi connectivity index (χ0v) is 24.8. The second-order valence-electron chi connectivity index (χ2n) is 12.1. The van der Waals surface area contributed by atoms with Crippen LogP contribution in [-0.2, 0) is 0 Å². The molecule has 10 rings (SSSR count). The quantitative estimate of drug-likeness (QED) is 0.193. The molecule has 0 N–H and O–H groups in total. The Labute approximate surface area is 264 Å². The van der Waals surface area contributed by atoms with Gasteiger partial charge in [0, 0.05) is 16.2 Å². The zero-order valence-electron chi connectivity index (χ0n) is 24.8. The lowest BCUT2D eigenvalue weighted by Crippen LogP contribution is -1.90. The van der Waals surface area contributed by atoms with Crippen LogP contribution in [0.25, 0.3) is 98.6 Å². The molecule has 0 aliphatic rings. The third kappa shape index (κ3) is 3.77. The van der Waals surface area contributed by atoms with Gasteiger partial charge in [0.15, 0.2) is 0 Å². The van der Waals surface area contributed by atoms with Crippen LogP contribution in [0.5, 0.6) is 0 Å². The summed E-state index contributed by atoms with van der Waals surface area (Å²) in [6.07, 6.45) is 1.76. The van der Waals surface area contributed by atoms with Crippen LogP contribution in [0, 0.1) is 0 Å². The van der Waals surface area contributed by atoms with Crippen molar-refractivity contribution in [2.24, 2.45) is 0 Å². The Balaban J connectivity index is 1.22. The minimum atomic E-state index is 0.898. The molecule has 214 valence electrons. The maximum Gasteiger partial charge on any atom is 0.136 e. The van der Waals surface area contributed by atoms with Crippen LogP contribution >= 0.6 is 0 Å². The zero-order chi connectivity index (χ0) is 30.2. The van der Waals surface area contributed by atoms with Crippen LogP contribution < -0.4 is 0 Å². The van der Waals surface area contributed by atoms with E-state index in [2.05, 4.69) is 146 Å². The van der Waals surface area contributed by atoms with Gasteiger partial charge in [-0.15, -0.1) is 0 Å². The molecule has 0 atom stereocenters. The highest BCUT2D eigenvalue weighted by Gasteiger charge is 2.18. The highest BCUT2D eigenvalue weighted by atomic mass is 16.3. The van der Waals surface area contributed by atoms with Crippen LogP contribution in [0.15, 0.2) is 167 Å². The molecule has 0 unspecified atom stereocenters. The summed E-state index contributed by atoms with van der Waals surface area (Å²) in [5, 5.41) is 10.6. The summed E-state index contributed by atoms with van der Waals surface area (Å²) in [5.41, 5.74) is 9.92. The number of hydrogen-bond donors (Lipinski definition) is 0. The molecule has 10 aromatic rings. The van der Waals surface area contributed by atoms with Crippen molar-refractivity contribution in [1.29, 1.82) is 0 Å². The fourth-order valence-corrected chi connectivity index (χ4v) is 7.35. The third-order valence-corrected chi connectivity index (χ3v) is 9.50. The highest BCUT2D eigenvalue weighted by molar-refractivity contribution is 6.22. The molecule has 2 heterocycles. The van der Waals surface area contributed by atoms with Crippen molar-refractivity contribution in [2.75, 3.05) is 0 Å². The lowest BCUT2D eigenvalue weighted by Gasteiger charge is -2.17. The van der Waals surface area contributed by atoms with Crippen LogP contribution in [0.3, 0.4) is 0 Å². The number of furan rings is 2. The van der Waals surface area contributed by atoms with Crippen molar-refractivity contribution < 1.29 is 8.83 Å². The van der Waals surface area contributed by atoms with Crippen molar-refractivity contribution >= 4 is 65.2 Å². The van der Waals surface area contributed by atoms with Crippen LogP contribution in [0.4, 0.5) is 0 Å². The van der Waals surface area contributed by atoms with Crippen molar-refractivity contribution in [3.05, 3.63) is 158 Å². The van der Waals surface area contributed by atoms with Gasteiger partial charge in [-0.1, -0.05) is 109 Å². The molecule has 2 aromatic heterocycles. The maximum absolute atomic E-state index is 6.44. The monoisotopic (exact) mass is 586 g/mol. The second kappa shape index (κ2) is 9.69. The van der Waals surface area contributed by atoms with Gasteiger partial charge in [-0.2, -0.15) is 0 Å². The van der Waals surface area contributed by atoms with E-state index in [9.17, 15) is 0 Å². The van der Waals surface area contributed by atoms with E-state index in [1.165, 1.54) is 60.1 Å². The van der Waals surface area contributed by atoms with E-state index in [0.717, 1.165) is 38.5 Å². The maximum atomic E-state index is 6.44. The predicted octanol–water partition coefficient (Wildman–Crippen LogP) is 12.8. The number of benzene rings is 8. The van der Waals surface area contributed by atoms with Crippen LogP contribution in [0.1, 0.15) is 0 Å². The summed E-state index contributed by atoms with van der Waals surface area (Å²) in [6.45, 7) is 0. The SMILES string of the molecule is c1ccc(-c2ccc3cc4oc5ccc(-c6c7ccccc7c(-c7ccc8ccoc8c7)c7ccccc67)cc5c4cc3c2)cc1. The number of hydrogen-bond acceptors (Lipinski definition) is 2. The summed E-state index contributed by atoms with van der Waals surface area (Å²) in [5.74, 6) is 0. The van der Waals surface area contributed by atoms with Gasteiger partial charge in [-0.05, 0) is 108 Å². The van der Waals surface area contributed by atoms with Gasteiger partial charge in [-0.3, -0.25) is 0 Å². The molecule has 0 bridgehead atoms. The van der Waals surface area contributed by atoms with Crippen LogP contribution in [0.2, 0.25) is 0 Å². The molecule has 2 heteroatoms. The molecule has 0 fully saturated rings. The molecule has 2 nitrogen and oxygen atoms in total. The summed E-state index contributed by atoms with van der Waals surface area (Å²) >= 11 is 0. The van der Waals surface area contributed by atoms with Gasteiger partial charge in [0.2, 0.25) is 0 Å². The molecule has 0 amide bonds. The standard InChI is InChI=1S/C44H26O2/c1-2-8-27(9-3-1)29-15-16-30-25-42-39(24-33(30)22-29)38-23-31(18-19-40(38)46-42)43-34-10-4-6-12-36(34)44(37-13-7-5-11-35(37)43)32-17-14-28-20-21-45-41(28)26-32/h1-26H. The average Bonchev–Trinajstić information content (AvgIpc) is 3.73. The Morgan fingerprint density at radius 2 is 0.913 bits per heavy atom. The topological polar surface area (TPSA) is 26.3 Å². The lowest BCUT2D eigenvalue weighted by molar-refractivity contribution is 0.616. The first kappa shape index (κ1) is 25.2. The smallest absolute Gasteiger partial charge is 0.136 e. The Bertz CT molecular complexity index is 2740. The van der Waals surface area contributed by atoms with E-state index in [-0.39, 0.29) is 0 Å². The van der Waals surface area contributed by atoms with Gasteiger partial charge in [0.05, 0.1) is 6.26 Å². The summed E-state index contributed by atoms with van der Waals surface area (Å²) in [4.78, 5) is 0. The van der Waals surface area contributed by atoms with Crippen molar-refractivity contribution in [2.45, 2.75) is 0 Å². The summed E-state index contributed by atoms with van der Waals surface area (Å²) in [6, 6.07) is 54.4. The molecular formula is C44H26O2. The largest absolute Gasteiger partial charge is 0.464 e. The molecule has 8 aromatic carbocycles. The predicted molar refractivity (Wildman–Crippen MR) is 192 cm³/mol. The third-order valence-electron chi connectivity index (χ3n) is 9.50. The van der Waals surface area contributed by atoms with Crippen LogP contribution in [-0.4, -0.2) is 0 Å². The fraction of sp³-hybridized carbons (Fsp3) is 0. The van der Waals surface area contributed by atoms with E-state index in [1.807, 2.05) is 6.07 Å². The Morgan fingerprint density at radius 1 is 0.304 bits per heavy atom. The summed E-state index contributed by atoms with van der Waals surface area (Å²) < 4.78 is 12.3. The first-order valence-corrected chi connectivity index (χ1v) is 15.7. The number of fused-ring (bicyclic) bond motifs is 7. The van der Waals surface area contributed by atoms with Gasteiger partial charge in [-0.25, -0.2) is 0 Å². The normalized spacial score (nSPS) is 11.9. The minimum Gasteiger partial charge on any atom is -0.464 e. The second-order valence-corrected chi connectivity index (χ2v) is 12.1. The lowest BCUT2D eigenvalue weighted by atomic mass is 9.85. The molecule has 0 saturated heterocycles. The Hall–Kier alpha value is -6.12. The number of rotatable bonds is 3. The van der Waals surface area contributed by atoms with Gasteiger partial charge < -0.3 is 8.83 Å². The fourth-order valence-electron chi connectivity index (χ4n) is 7.35. The molecule has 46 heavy (non-hydrogen) atoms. The van der Waals surface area contributed by atoms with Gasteiger partial charge in [0.1, 0.15) is 16.7 Å². The van der Waals surface area contributed by atoms with Gasteiger partial charge in [0.25, 0.3) is 0 Å². The molecular weight excluding hydrogens is 560 g/mol. The van der Waals surface area contributed by atoms with E-state index in [4.69, 9.17) is 8.83 Å². The molecule has 0 spiro atoms. The first-order chi connectivity index (χ1) is 22.8. The van der Waals surface area contributed by atoms with E-state index >= 15 is 0 Å². The first-order valence-electron chi connectivity index (χ1n) is 15.7. The van der Waals surface area contributed by atoms with E-state index < -0.39 is 0 Å². The van der Waals surface area contributed by atoms with E-state index in [0.29, 0.717) is 0 Å². The molecule has 0 radical (unpaired) electrons. The minimum absolute atomic E-state index is 0.898. The van der Waals surface area contributed by atoms with Crippen molar-refractivity contribution in [1.82, 2.24) is 0 Å². The molecule has 0 saturated carbocycles. The molecule has 0 aliphatic carbocycles. The van der Waals surface area contributed by atoms with E-state index in [1.54, 1.807) is 6.26 Å². The van der Waals surface area contributed by atoms with Gasteiger partial charge >= 0.3 is 0 Å². The summed E-state index contributed by atoms with van der Waals surface area (Å²) in [7, 11) is 0. The molecule has 0 aliphatic heterocycles. The average molecular weight is 587 g/mol. The van der Waals surface area contributed by atoms with Crippen molar-refractivity contribution in [3.8, 4) is 33.4 Å². The Morgan fingerprint density at radius 3 is 1.65 bits per heavy atom.